The molecule has 0 unspecified atom stereocenters. The van der Waals surface area contributed by atoms with Gasteiger partial charge >= 0.3 is 0 Å². The van der Waals surface area contributed by atoms with E-state index in [1.165, 1.54) is 0 Å². The van der Waals surface area contributed by atoms with Crippen LogP contribution in [-0.2, 0) is 0 Å². The number of nitrogens with one attached hydrogen (secondary N) is 1. The summed E-state index contributed by atoms with van der Waals surface area (Å²) in [6.07, 6.45) is 4.86. The first kappa shape index (κ1) is 10.9. The highest BCUT2D eigenvalue weighted by Gasteiger charge is 2.17. The van der Waals surface area contributed by atoms with E-state index >= 15 is 0 Å². The van der Waals surface area contributed by atoms with Gasteiger partial charge in [-0.1, -0.05) is 11.6 Å². The quantitative estimate of drug-likeness (QED) is 0.567. The molecule has 0 radical (unpaired) electrons. The summed E-state index contributed by atoms with van der Waals surface area (Å²) in [6, 6.07) is 6.98. The van der Waals surface area contributed by atoms with Crippen LogP contribution in [0.2, 0.25) is 5.15 Å². The highest BCUT2D eigenvalue weighted by Crippen LogP contribution is 2.22. The molecular weight excluding hydrogens is 250 g/mol. The number of H-pyrrole nitrogens is 1. The van der Waals surface area contributed by atoms with Crippen molar-refractivity contribution in [1.29, 1.82) is 0 Å². The average molecular weight is 258 g/mol. The lowest BCUT2D eigenvalue weighted by molar-refractivity contribution is 0.104. The number of pyridine rings is 2. The van der Waals surface area contributed by atoms with Crippen molar-refractivity contribution in [3.63, 3.8) is 0 Å². The molecule has 3 aromatic heterocycles. The highest BCUT2D eigenvalue weighted by molar-refractivity contribution is 6.34. The minimum Gasteiger partial charge on any atom is -0.345 e. The van der Waals surface area contributed by atoms with E-state index in [4.69, 9.17) is 11.6 Å². The van der Waals surface area contributed by atoms with Crippen LogP contribution in [0.1, 0.15) is 15.9 Å². The maximum atomic E-state index is 12.4. The molecular formula is C13H8ClN3O. The summed E-state index contributed by atoms with van der Waals surface area (Å²) in [5.41, 5.74) is 1.62. The number of rotatable bonds is 2. The smallest absolute Gasteiger partial charge is 0.198 e. The lowest BCUT2D eigenvalue weighted by Crippen LogP contribution is -2.02. The number of aromatic nitrogens is 3. The third-order valence-corrected chi connectivity index (χ3v) is 3.00. The van der Waals surface area contributed by atoms with Crippen LogP contribution in [-0.4, -0.2) is 20.7 Å². The van der Waals surface area contributed by atoms with Gasteiger partial charge in [-0.05, 0) is 24.3 Å². The first-order valence-corrected chi connectivity index (χ1v) is 5.72. The zero-order valence-electron chi connectivity index (χ0n) is 9.22. The number of hydrogen-bond donors (Lipinski definition) is 1. The van der Waals surface area contributed by atoms with Gasteiger partial charge in [-0.15, -0.1) is 0 Å². The Labute approximate surface area is 108 Å². The molecule has 0 aromatic carbocycles. The van der Waals surface area contributed by atoms with E-state index in [9.17, 15) is 4.79 Å². The Bertz CT molecular complexity index is 736. The Kier molecular flexibility index (Phi) is 2.57. The van der Waals surface area contributed by atoms with E-state index in [1.807, 2.05) is 6.07 Å². The third-order valence-electron chi connectivity index (χ3n) is 2.70. The van der Waals surface area contributed by atoms with Crippen LogP contribution in [0.25, 0.3) is 11.0 Å². The van der Waals surface area contributed by atoms with Gasteiger partial charge < -0.3 is 4.98 Å². The zero-order valence-corrected chi connectivity index (χ0v) is 9.98. The Balaban J connectivity index is 2.16. The number of hydrogen-bond acceptors (Lipinski definition) is 3. The largest absolute Gasteiger partial charge is 0.345 e. The lowest BCUT2D eigenvalue weighted by Gasteiger charge is -2.00. The number of carbonyl (C=O) groups is 1. The maximum absolute atomic E-state index is 12.4. The summed E-state index contributed by atoms with van der Waals surface area (Å²) in [4.78, 5) is 23.4. The van der Waals surface area contributed by atoms with Crippen molar-refractivity contribution in [2.45, 2.75) is 0 Å². The molecule has 4 nitrogen and oxygen atoms in total. The molecule has 18 heavy (non-hydrogen) atoms. The van der Waals surface area contributed by atoms with Crippen molar-refractivity contribution >= 4 is 28.4 Å². The van der Waals surface area contributed by atoms with Gasteiger partial charge in [0.2, 0.25) is 0 Å². The molecule has 3 heterocycles. The molecule has 0 aliphatic rings. The second kappa shape index (κ2) is 4.23. The van der Waals surface area contributed by atoms with E-state index < -0.39 is 0 Å². The Morgan fingerprint density at radius 3 is 2.72 bits per heavy atom. The second-order valence-corrected chi connectivity index (χ2v) is 4.13. The van der Waals surface area contributed by atoms with Crippen LogP contribution in [0.4, 0.5) is 0 Å². The Hall–Kier alpha value is -2.20. The molecule has 0 aliphatic carbocycles. The molecule has 0 amide bonds. The van der Waals surface area contributed by atoms with Gasteiger partial charge in [-0.25, -0.2) is 9.97 Å². The van der Waals surface area contributed by atoms with Gasteiger partial charge in [0.1, 0.15) is 10.8 Å². The lowest BCUT2D eigenvalue weighted by atomic mass is 10.1. The molecule has 0 saturated carbocycles. The van der Waals surface area contributed by atoms with Gasteiger partial charge in [-0.2, -0.15) is 0 Å². The summed E-state index contributed by atoms with van der Waals surface area (Å²) in [5.74, 6) is -0.160. The first-order valence-electron chi connectivity index (χ1n) is 5.34. The van der Waals surface area contributed by atoms with Crippen LogP contribution in [0.3, 0.4) is 0 Å². The molecule has 0 atom stereocenters. The van der Waals surface area contributed by atoms with E-state index in [-0.39, 0.29) is 10.9 Å². The van der Waals surface area contributed by atoms with Crippen molar-refractivity contribution in [3.05, 3.63) is 59.1 Å². The molecule has 3 rings (SSSR count). The monoisotopic (exact) mass is 257 g/mol. The molecule has 0 spiro atoms. The fourth-order valence-electron chi connectivity index (χ4n) is 1.84. The fourth-order valence-corrected chi connectivity index (χ4v) is 2.05. The molecule has 0 aliphatic heterocycles. The normalized spacial score (nSPS) is 10.7. The van der Waals surface area contributed by atoms with Crippen LogP contribution >= 0.6 is 11.6 Å². The van der Waals surface area contributed by atoms with E-state index in [0.717, 1.165) is 5.39 Å². The van der Waals surface area contributed by atoms with E-state index in [0.29, 0.717) is 16.8 Å². The van der Waals surface area contributed by atoms with Gasteiger partial charge in [0.15, 0.2) is 5.78 Å². The van der Waals surface area contributed by atoms with Crippen LogP contribution in [0.5, 0.6) is 0 Å². The predicted molar refractivity (Wildman–Crippen MR) is 68.8 cm³/mol. The molecule has 3 aromatic rings. The summed E-state index contributed by atoms with van der Waals surface area (Å²) in [7, 11) is 0. The minimum absolute atomic E-state index is 0.160. The van der Waals surface area contributed by atoms with Gasteiger partial charge in [0, 0.05) is 29.5 Å². The Morgan fingerprint density at radius 2 is 1.89 bits per heavy atom. The van der Waals surface area contributed by atoms with Crippen molar-refractivity contribution in [1.82, 2.24) is 15.0 Å². The Morgan fingerprint density at radius 1 is 1.11 bits per heavy atom. The van der Waals surface area contributed by atoms with Crippen LogP contribution in [0.15, 0.2) is 42.9 Å². The summed E-state index contributed by atoms with van der Waals surface area (Å²) in [5, 5.41) is 0.989. The SMILES string of the molecule is O=C(c1cccnc1Cl)c1c[nH]c2ncccc12. The van der Waals surface area contributed by atoms with Crippen LogP contribution < -0.4 is 0 Å². The highest BCUT2D eigenvalue weighted by atomic mass is 35.5. The van der Waals surface area contributed by atoms with Gasteiger partial charge in [0.25, 0.3) is 0 Å². The van der Waals surface area contributed by atoms with Gasteiger partial charge in [0.05, 0.1) is 5.56 Å². The van der Waals surface area contributed by atoms with Crippen molar-refractivity contribution in [3.8, 4) is 0 Å². The second-order valence-electron chi connectivity index (χ2n) is 3.77. The number of fused-ring (bicyclic) bond motifs is 1. The average Bonchev–Trinajstić information content (AvgIpc) is 2.82. The number of aromatic amines is 1. The third kappa shape index (κ3) is 1.67. The predicted octanol–water partition coefficient (Wildman–Crippen LogP) is 2.84. The number of ketones is 1. The van der Waals surface area contributed by atoms with Crippen molar-refractivity contribution in [2.75, 3.05) is 0 Å². The van der Waals surface area contributed by atoms with Crippen molar-refractivity contribution in [2.24, 2.45) is 0 Å². The number of halogens is 1. The maximum Gasteiger partial charge on any atom is 0.198 e. The van der Waals surface area contributed by atoms with Gasteiger partial charge in [-0.3, -0.25) is 4.79 Å². The standard InChI is InChI=1S/C13H8ClN3O/c14-12-9(4-2-5-15-12)11(18)10-7-17-13-8(10)3-1-6-16-13/h1-7H,(H,16,17). The summed E-state index contributed by atoms with van der Waals surface area (Å²) in [6.45, 7) is 0. The van der Waals surface area contributed by atoms with Crippen LogP contribution in [0, 0.1) is 0 Å². The molecule has 0 bridgehead atoms. The summed E-state index contributed by atoms with van der Waals surface area (Å²) >= 11 is 5.93. The number of carbonyl (C=O) groups excluding carboxylic acids is 1. The van der Waals surface area contributed by atoms with E-state index in [1.54, 1.807) is 36.8 Å². The summed E-state index contributed by atoms with van der Waals surface area (Å²) < 4.78 is 0. The molecule has 0 saturated heterocycles. The topological polar surface area (TPSA) is 58.6 Å². The minimum atomic E-state index is -0.160. The zero-order chi connectivity index (χ0) is 12.5. The van der Waals surface area contributed by atoms with E-state index in [2.05, 4.69) is 15.0 Å². The fraction of sp³-hybridized carbons (Fsp3) is 0. The molecule has 88 valence electrons. The van der Waals surface area contributed by atoms with Crippen molar-refractivity contribution < 1.29 is 4.79 Å². The molecule has 0 fully saturated rings. The first-order chi connectivity index (χ1) is 8.77. The molecule has 5 heteroatoms. The molecule has 1 N–H and O–H groups in total. The number of nitrogens with zero attached hydrogens (tertiary/aromatic N) is 2.